The zero-order chi connectivity index (χ0) is 14.3. The van der Waals surface area contributed by atoms with E-state index in [2.05, 4.69) is 0 Å². The highest BCUT2D eigenvalue weighted by Crippen LogP contribution is 2.16. The second kappa shape index (κ2) is 7.53. The van der Waals surface area contributed by atoms with Gasteiger partial charge in [-0.15, -0.1) is 0 Å². The molecule has 0 saturated heterocycles. The van der Waals surface area contributed by atoms with E-state index in [1.807, 2.05) is 0 Å². The van der Waals surface area contributed by atoms with Crippen molar-refractivity contribution in [3.8, 4) is 0 Å². The molecule has 1 aromatic carbocycles. The van der Waals surface area contributed by atoms with Crippen LogP contribution in [0, 0.1) is 0 Å². The van der Waals surface area contributed by atoms with Crippen LogP contribution < -0.4 is 0 Å². The van der Waals surface area contributed by atoms with Crippen molar-refractivity contribution < 1.29 is 24.5 Å². The van der Waals surface area contributed by atoms with Crippen molar-refractivity contribution in [2.45, 2.75) is 25.7 Å². The third-order valence-electron chi connectivity index (χ3n) is 2.88. The van der Waals surface area contributed by atoms with Gasteiger partial charge in [0.15, 0.2) is 0 Å². The van der Waals surface area contributed by atoms with Crippen LogP contribution in [0.4, 0.5) is 0 Å². The first-order valence-electron chi connectivity index (χ1n) is 6.14. The number of aryl methyl sites for hydroxylation is 1. The van der Waals surface area contributed by atoms with Crippen molar-refractivity contribution in [1.29, 1.82) is 0 Å². The highest BCUT2D eigenvalue weighted by atomic mass is 16.5. The van der Waals surface area contributed by atoms with Crippen LogP contribution in [0.15, 0.2) is 18.2 Å². The molecule has 0 amide bonds. The Bertz CT molecular complexity index is 453. The maximum Gasteiger partial charge on any atom is 0.335 e. The zero-order valence-electron chi connectivity index (χ0n) is 10.9. The monoisotopic (exact) mass is 266 g/mol. The maximum atomic E-state index is 11.1. The first-order chi connectivity index (χ1) is 9.06. The summed E-state index contributed by atoms with van der Waals surface area (Å²) in [5.74, 6) is -2.20. The molecule has 0 aromatic heterocycles. The van der Waals surface area contributed by atoms with Gasteiger partial charge >= 0.3 is 11.9 Å². The molecule has 0 fully saturated rings. The van der Waals surface area contributed by atoms with Crippen LogP contribution in [0.5, 0.6) is 0 Å². The van der Waals surface area contributed by atoms with Crippen LogP contribution in [-0.4, -0.2) is 35.9 Å². The van der Waals surface area contributed by atoms with E-state index in [-0.39, 0.29) is 11.1 Å². The number of methoxy groups -OCH3 is 1. The molecule has 104 valence electrons. The van der Waals surface area contributed by atoms with Crippen molar-refractivity contribution in [2.75, 3.05) is 13.7 Å². The lowest BCUT2D eigenvalue weighted by atomic mass is 9.99. The fraction of sp³-hybridized carbons (Fsp3) is 0.429. The topological polar surface area (TPSA) is 83.8 Å². The molecule has 5 nitrogen and oxygen atoms in total. The van der Waals surface area contributed by atoms with Gasteiger partial charge in [-0.2, -0.15) is 0 Å². The average molecular weight is 266 g/mol. The second-order valence-corrected chi connectivity index (χ2v) is 4.29. The Morgan fingerprint density at radius 1 is 1.11 bits per heavy atom. The predicted octanol–water partition coefficient (Wildman–Crippen LogP) is 2.44. The summed E-state index contributed by atoms with van der Waals surface area (Å²) in [6.07, 6.45) is 3.38. The van der Waals surface area contributed by atoms with E-state index in [0.717, 1.165) is 19.3 Å². The molecule has 0 heterocycles. The van der Waals surface area contributed by atoms with E-state index in [1.54, 1.807) is 13.2 Å². The molecule has 0 bridgehead atoms. The van der Waals surface area contributed by atoms with E-state index in [4.69, 9.17) is 14.9 Å². The van der Waals surface area contributed by atoms with Crippen LogP contribution in [0.1, 0.15) is 45.5 Å². The molecule has 0 spiro atoms. The quantitative estimate of drug-likeness (QED) is 0.706. The fourth-order valence-corrected chi connectivity index (χ4v) is 1.87. The molecule has 0 atom stereocenters. The number of ether oxygens (including phenoxy) is 1. The molecule has 1 rings (SSSR count). The zero-order valence-corrected chi connectivity index (χ0v) is 10.9. The van der Waals surface area contributed by atoms with Crippen LogP contribution in [0.3, 0.4) is 0 Å². The van der Waals surface area contributed by atoms with Gasteiger partial charge in [0, 0.05) is 13.7 Å². The second-order valence-electron chi connectivity index (χ2n) is 4.29. The summed E-state index contributed by atoms with van der Waals surface area (Å²) in [6, 6.07) is 4.25. The van der Waals surface area contributed by atoms with Crippen LogP contribution >= 0.6 is 0 Å². The number of carbonyl (C=O) groups is 2. The standard InChI is InChI=1S/C14H18O5/c1-19-8-4-2-3-5-10-6-7-11(13(15)16)9-12(10)14(17)18/h6-7,9H,2-5,8H2,1H3,(H,15,16)(H,17,18). The first-order valence-corrected chi connectivity index (χ1v) is 6.14. The SMILES string of the molecule is COCCCCCc1ccc(C(=O)O)cc1C(=O)O. The van der Waals surface area contributed by atoms with Crippen molar-refractivity contribution in [2.24, 2.45) is 0 Å². The van der Waals surface area contributed by atoms with Gasteiger partial charge < -0.3 is 14.9 Å². The Morgan fingerprint density at radius 2 is 1.84 bits per heavy atom. The minimum atomic E-state index is -1.12. The number of hydrogen-bond donors (Lipinski definition) is 2. The lowest BCUT2D eigenvalue weighted by Gasteiger charge is -2.07. The summed E-state index contributed by atoms with van der Waals surface area (Å²) in [7, 11) is 1.65. The minimum absolute atomic E-state index is 0.000494. The summed E-state index contributed by atoms with van der Waals surface area (Å²) < 4.78 is 4.94. The lowest BCUT2D eigenvalue weighted by molar-refractivity contribution is 0.0695. The summed E-state index contributed by atoms with van der Waals surface area (Å²) in [6.45, 7) is 0.698. The Balaban J connectivity index is 2.71. The normalized spacial score (nSPS) is 10.4. The fourth-order valence-electron chi connectivity index (χ4n) is 1.87. The molecule has 0 aliphatic heterocycles. The predicted molar refractivity (Wildman–Crippen MR) is 69.8 cm³/mol. The van der Waals surface area contributed by atoms with Crippen LogP contribution in [-0.2, 0) is 11.2 Å². The van der Waals surface area contributed by atoms with Crippen molar-refractivity contribution >= 4 is 11.9 Å². The van der Waals surface area contributed by atoms with E-state index in [0.29, 0.717) is 18.6 Å². The van der Waals surface area contributed by atoms with Crippen LogP contribution in [0.2, 0.25) is 0 Å². The summed E-state index contributed by atoms with van der Waals surface area (Å²) in [5.41, 5.74) is 0.752. The number of hydrogen-bond acceptors (Lipinski definition) is 3. The van der Waals surface area contributed by atoms with E-state index >= 15 is 0 Å². The van der Waals surface area contributed by atoms with Crippen molar-refractivity contribution in [3.05, 3.63) is 34.9 Å². The highest BCUT2D eigenvalue weighted by Gasteiger charge is 2.13. The van der Waals surface area contributed by atoms with Gasteiger partial charge in [0.1, 0.15) is 0 Å². The smallest absolute Gasteiger partial charge is 0.335 e. The van der Waals surface area contributed by atoms with Gasteiger partial charge in [-0.05, 0) is 37.0 Å². The molecule has 0 unspecified atom stereocenters. The van der Waals surface area contributed by atoms with E-state index in [1.165, 1.54) is 12.1 Å². The molecule has 2 N–H and O–H groups in total. The third-order valence-corrected chi connectivity index (χ3v) is 2.88. The summed E-state index contributed by atoms with van der Waals surface area (Å²) in [4.78, 5) is 21.9. The molecule has 0 aliphatic carbocycles. The molecule has 19 heavy (non-hydrogen) atoms. The van der Waals surface area contributed by atoms with Gasteiger partial charge in [0.2, 0.25) is 0 Å². The number of carboxylic acid groups (broad SMARTS) is 2. The molecule has 0 saturated carbocycles. The maximum absolute atomic E-state index is 11.1. The Kier molecular flexibility index (Phi) is 6.02. The van der Waals surface area contributed by atoms with E-state index in [9.17, 15) is 9.59 Å². The molecule has 5 heteroatoms. The summed E-state index contributed by atoms with van der Waals surface area (Å²) in [5, 5.41) is 17.9. The Labute approximate surface area is 111 Å². The van der Waals surface area contributed by atoms with Crippen molar-refractivity contribution in [1.82, 2.24) is 0 Å². The molecule has 1 aromatic rings. The molecular weight excluding hydrogens is 248 g/mol. The Morgan fingerprint density at radius 3 is 2.42 bits per heavy atom. The number of benzene rings is 1. The summed E-state index contributed by atoms with van der Waals surface area (Å²) >= 11 is 0. The van der Waals surface area contributed by atoms with Gasteiger partial charge in [0.25, 0.3) is 0 Å². The molecular formula is C14H18O5. The van der Waals surface area contributed by atoms with Gasteiger partial charge in [0.05, 0.1) is 11.1 Å². The number of unbranched alkanes of at least 4 members (excludes halogenated alkanes) is 2. The average Bonchev–Trinajstić information content (AvgIpc) is 2.38. The van der Waals surface area contributed by atoms with E-state index < -0.39 is 11.9 Å². The largest absolute Gasteiger partial charge is 0.478 e. The van der Waals surface area contributed by atoms with Crippen LogP contribution in [0.25, 0.3) is 0 Å². The highest BCUT2D eigenvalue weighted by molar-refractivity contribution is 5.94. The van der Waals surface area contributed by atoms with Gasteiger partial charge in [-0.1, -0.05) is 12.5 Å². The third kappa shape index (κ3) is 4.71. The molecule has 0 radical (unpaired) electrons. The number of aromatic carboxylic acids is 2. The number of rotatable bonds is 8. The van der Waals surface area contributed by atoms with Gasteiger partial charge in [-0.25, -0.2) is 9.59 Å². The van der Waals surface area contributed by atoms with Crippen molar-refractivity contribution in [3.63, 3.8) is 0 Å². The van der Waals surface area contributed by atoms with Gasteiger partial charge in [-0.3, -0.25) is 0 Å². The lowest BCUT2D eigenvalue weighted by Crippen LogP contribution is -2.06. The number of carboxylic acids is 2. The Hall–Kier alpha value is -1.88. The first kappa shape index (κ1) is 15.2. The minimum Gasteiger partial charge on any atom is -0.478 e. The molecule has 0 aliphatic rings.